The molecule has 0 spiro atoms. The Hall–Kier alpha value is -1.16. The van der Waals surface area contributed by atoms with Gasteiger partial charge in [-0.2, -0.15) is 0 Å². The molecule has 1 atom stereocenters. The Morgan fingerprint density at radius 1 is 1.21 bits per heavy atom. The molecule has 2 saturated heterocycles. The molecule has 1 unspecified atom stereocenters. The lowest BCUT2D eigenvalue weighted by Gasteiger charge is -2.36. The molecule has 1 N–H and O–H groups in total. The van der Waals surface area contributed by atoms with Crippen LogP contribution in [0.1, 0.15) is 37.1 Å². The third kappa shape index (κ3) is 2.73. The van der Waals surface area contributed by atoms with Crippen LogP contribution >= 0.6 is 0 Å². The molecule has 1 aromatic rings. The third-order valence-corrected chi connectivity index (χ3v) is 4.56. The summed E-state index contributed by atoms with van der Waals surface area (Å²) in [5.41, 5.74) is 2.07. The van der Waals surface area contributed by atoms with Gasteiger partial charge < -0.3 is 10.2 Å². The van der Waals surface area contributed by atoms with Crippen molar-refractivity contribution in [2.24, 2.45) is 5.92 Å². The molecule has 2 aliphatic heterocycles. The summed E-state index contributed by atoms with van der Waals surface area (Å²) in [7, 11) is 0. The molecule has 19 heavy (non-hydrogen) atoms. The molecule has 1 aromatic heterocycles. The Bertz CT molecular complexity index is 432. The van der Waals surface area contributed by atoms with E-state index in [-0.39, 0.29) is 0 Å². The average molecular weight is 260 g/mol. The quantitative estimate of drug-likeness (QED) is 0.884. The number of nitrogens with one attached hydrogen (secondary N) is 1. The highest BCUT2D eigenvalue weighted by Crippen LogP contribution is 2.28. The molecule has 0 amide bonds. The monoisotopic (exact) mass is 260 g/mol. The van der Waals surface area contributed by atoms with Gasteiger partial charge in [-0.05, 0) is 52.0 Å². The maximum absolute atomic E-state index is 4.67. The van der Waals surface area contributed by atoms with Crippen LogP contribution in [0.25, 0.3) is 0 Å². The van der Waals surface area contributed by atoms with Gasteiger partial charge in [-0.1, -0.05) is 0 Å². The van der Waals surface area contributed by atoms with Crippen molar-refractivity contribution in [1.82, 2.24) is 15.3 Å². The average Bonchev–Trinajstić information content (AvgIpc) is 2.96. The van der Waals surface area contributed by atoms with Crippen molar-refractivity contribution in [2.45, 2.75) is 45.6 Å². The number of anilines is 1. The van der Waals surface area contributed by atoms with E-state index in [2.05, 4.69) is 27.1 Å². The van der Waals surface area contributed by atoms with Crippen LogP contribution in [-0.4, -0.2) is 35.6 Å². The normalized spacial score (nSPS) is 24.9. The van der Waals surface area contributed by atoms with E-state index < -0.39 is 0 Å². The summed E-state index contributed by atoms with van der Waals surface area (Å²) >= 11 is 0. The number of nitrogens with zero attached hydrogens (tertiary/aromatic N) is 3. The van der Waals surface area contributed by atoms with Crippen molar-refractivity contribution in [3.05, 3.63) is 17.6 Å². The summed E-state index contributed by atoms with van der Waals surface area (Å²) in [6.45, 7) is 7.55. The summed E-state index contributed by atoms with van der Waals surface area (Å²) in [4.78, 5) is 11.5. The largest absolute Gasteiger partial charge is 0.355 e. The molecule has 4 heteroatoms. The molecule has 4 nitrogen and oxygen atoms in total. The van der Waals surface area contributed by atoms with E-state index in [0.29, 0.717) is 0 Å². The van der Waals surface area contributed by atoms with Crippen LogP contribution in [-0.2, 0) is 0 Å². The maximum atomic E-state index is 4.67. The maximum Gasteiger partial charge on any atom is 0.150 e. The Labute approximate surface area is 115 Å². The molecular formula is C15H24N4. The predicted molar refractivity (Wildman–Crippen MR) is 77.5 cm³/mol. The molecule has 0 aromatic carbocycles. The van der Waals surface area contributed by atoms with Crippen molar-refractivity contribution < 1.29 is 0 Å². The van der Waals surface area contributed by atoms with E-state index in [1.54, 1.807) is 0 Å². The minimum atomic E-state index is 0.770. The molecule has 104 valence electrons. The summed E-state index contributed by atoms with van der Waals surface area (Å²) in [5, 5.41) is 3.65. The van der Waals surface area contributed by atoms with Crippen molar-refractivity contribution in [1.29, 1.82) is 0 Å². The van der Waals surface area contributed by atoms with Crippen LogP contribution in [0.15, 0.2) is 6.20 Å². The molecule has 2 fully saturated rings. The number of rotatable bonds is 2. The van der Waals surface area contributed by atoms with Crippen LogP contribution < -0.4 is 10.2 Å². The Balaban J connectivity index is 1.64. The van der Waals surface area contributed by atoms with Crippen LogP contribution in [0.4, 0.5) is 5.82 Å². The van der Waals surface area contributed by atoms with Gasteiger partial charge in [0.2, 0.25) is 0 Å². The van der Waals surface area contributed by atoms with Crippen molar-refractivity contribution in [3.63, 3.8) is 0 Å². The van der Waals surface area contributed by atoms with Gasteiger partial charge in [-0.15, -0.1) is 0 Å². The third-order valence-electron chi connectivity index (χ3n) is 4.56. The van der Waals surface area contributed by atoms with E-state index in [4.69, 9.17) is 0 Å². The molecule has 0 aliphatic carbocycles. The highest BCUT2D eigenvalue weighted by molar-refractivity contribution is 5.43. The van der Waals surface area contributed by atoms with Crippen LogP contribution in [0.2, 0.25) is 0 Å². The number of hydrogen-bond donors (Lipinski definition) is 1. The van der Waals surface area contributed by atoms with Crippen LogP contribution in [0.5, 0.6) is 0 Å². The first kappa shape index (κ1) is 12.9. The minimum Gasteiger partial charge on any atom is -0.355 e. The van der Waals surface area contributed by atoms with Crippen molar-refractivity contribution in [3.8, 4) is 0 Å². The highest BCUT2D eigenvalue weighted by atomic mass is 15.2. The minimum absolute atomic E-state index is 0.770. The molecule has 3 heterocycles. The van der Waals surface area contributed by atoms with E-state index in [9.17, 15) is 0 Å². The van der Waals surface area contributed by atoms with E-state index >= 15 is 0 Å². The first-order valence-corrected chi connectivity index (χ1v) is 7.52. The first-order valence-electron chi connectivity index (χ1n) is 7.52. The van der Waals surface area contributed by atoms with Crippen LogP contribution in [0, 0.1) is 19.8 Å². The van der Waals surface area contributed by atoms with Crippen molar-refractivity contribution in [2.75, 3.05) is 24.5 Å². The smallest absolute Gasteiger partial charge is 0.150 e. The molecule has 3 rings (SSSR count). The number of piperidine rings is 1. The fourth-order valence-corrected chi connectivity index (χ4v) is 3.45. The zero-order valence-electron chi connectivity index (χ0n) is 12.0. The fourth-order valence-electron chi connectivity index (χ4n) is 3.45. The Kier molecular flexibility index (Phi) is 3.69. The summed E-state index contributed by atoms with van der Waals surface area (Å²) in [6.07, 6.45) is 7.15. The second kappa shape index (κ2) is 5.45. The van der Waals surface area contributed by atoms with Gasteiger partial charge in [0, 0.05) is 25.3 Å². The molecule has 0 radical (unpaired) electrons. The zero-order valence-corrected chi connectivity index (χ0v) is 12.0. The SMILES string of the molecule is Cc1cnc(C)c(N2CCC(C3CCCN3)CC2)n1. The van der Waals surface area contributed by atoms with Gasteiger partial charge in [-0.3, -0.25) is 4.98 Å². The lowest BCUT2D eigenvalue weighted by molar-refractivity contribution is 0.318. The van der Waals surface area contributed by atoms with Gasteiger partial charge in [0.05, 0.1) is 11.4 Å². The molecule has 2 aliphatic rings. The highest BCUT2D eigenvalue weighted by Gasteiger charge is 2.29. The summed E-state index contributed by atoms with van der Waals surface area (Å²) in [5.74, 6) is 1.95. The van der Waals surface area contributed by atoms with E-state index in [1.165, 1.54) is 32.2 Å². The topological polar surface area (TPSA) is 41.1 Å². The first-order chi connectivity index (χ1) is 9.24. The zero-order chi connectivity index (χ0) is 13.2. The number of hydrogen-bond acceptors (Lipinski definition) is 4. The van der Waals surface area contributed by atoms with Gasteiger partial charge in [-0.25, -0.2) is 4.98 Å². The predicted octanol–water partition coefficient (Wildman–Crippen LogP) is 2.06. The van der Waals surface area contributed by atoms with Gasteiger partial charge in [0.1, 0.15) is 5.82 Å². The van der Waals surface area contributed by atoms with Gasteiger partial charge in [0.25, 0.3) is 0 Å². The number of aromatic nitrogens is 2. The van der Waals surface area contributed by atoms with E-state index in [1.807, 2.05) is 13.1 Å². The molecular weight excluding hydrogens is 236 g/mol. The van der Waals surface area contributed by atoms with E-state index in [0.717, 1.165) is 42.3 Å². The van der Waals surface area contributed by atoms with Crippen LogP contribution in [0.3, 0.4) is 0 Å². The lowest BCUT2D eigenvalue weighted by atomic mass is 9.88. The summed E-state index contributed by atoms with van der Waals surface area (Å²) < 4.78 is 0. The molecule has 0 bridgehead atoms. The second-order valence-electron chi connectivity index (χ2n) is 5.95. The Morgan fingerprint density at radius 2 is 2.00 bits per heavy atom. The van der Waals surface area contributed by atoms with Gasteiger partial charge >= 0.3 is 0 Å². The summed E-state index contributed by atoms with van der Waals surface area (Å²) in [6, 6.07) is 0.770. The second-order valence-corrected chi connectivity index (χ2v) is 5.95. The van der Waals surface area contributed by atoms with Crippen molar-refractivity contribution >= 4 is 5.82 Å². The fraction of sp³-hybridized carbons (Fsp3) is 0.733. The number of aryl methyl sites for hydroxylation is 2. The lowest BCUT2D eigenvalue weighted by Crippen LogP contribution is -2.41. The Morgan fingerprint density at radius 3 is 2.68 bits per heavy atom. The standard InChI is InChI=1S/C15H24N4/c1-11-10-17-12(2)15(18-11)19-8-5-13(6-9-19)14-4-3-7-16-14/h10,13-14,16H,3-9H2,1-2H3. The molecule has 0 saturated carbocycles. The van der Waals surface area contributed by atoms with Gasteiger partial charge in [0.15, 0.2) is 0 Å².